The maximum absolute atomic E-state index is 12.9. The summed E-state index contributed by atoms with van der Waals surface area (Å²) in [6.45, 7) is 0.754. The fraction of sp³-hybridized carbons (Fsp3) is 0.368. The third-order valence-electron chi connectivity index (χ3n) is 3.89. The smallest absolute Gasteiger partial charge is 0.391 e. The minimum Gasteiger partial charge on any atom is -0.497 e. The maximum Gasteiger partial charge on any atom is 0.391 e. The molecule has 7 heteroatoms. The fourth-order valence-corrected chi connectivity index (χ4v) is 3.16. The van der Waals surface area contributed by atoms with Crippen molar-refractivity contribution in [1.82, 2.24) is 4.90 Å². The zero-order valence-corrected chi connectivity index (χ0v) is 16.2. The predicted molar refractivity (Wildman–Crippen MR) is 98.6 cm³/mol. The molecule has 0 radical (unpaired) electrons. The van der Waals surface area contributed by atoms with Crippen LogP contribution >= 0.6 is 15.9 Å². The summed E-state index contributed by atoms with van der Waals surface area (Å²) in [7, 11) is 3.14. The van der Waals surface area contributed by atoms with E-state index < -0.39 is 17.5 Å². The van der Waals surface area contributed by atoms with Crippen LogP contribution in [0.1, 0.15) is 17.5 Å². The highest BCUT2D eigenvalue weighted by atomic mass is 79.9. The predicted octanol–water partition coefficient (Wildman–Crippen LogP) is 5.38. The topological polar surface area (TPSA) is 21.7 Å². The SMILES string of the molecule is COc1ccc(CN(Cc2ccc(OC)cc2)C(Br)CC(F)(F)F)cc1. The van der Waals surface area contributed by atoms with Gasteiger partial charge in [-0.1, -0.05) is 40.2 Å². The Morgan fingerprint density at radius 2 is 1.23 bits per heavy atom. The van der Waals surface area contributed by atoms with Gasteiger partial charge in [0.1, 0.15) is 11.5 Å². The first-order valence-electron chi connectivity index (χ1n) is 8.01. The van der Waals surface area contributed by atoms with E-state index in [2.05, 4.69) is 15.9 Å². The van der Waals surface area contributed by atoms with Gasteiger partial charge in [0.2, 0.25) is 0 Å². The van der Waals surface area contributed by atoms with Gasteiger partial charge in [-0.25, -0.2) is 0 Å². The molecular weight excluding hydrogens is 411 g/mol. The second-order valence-corrected chi connectivity index (χ2v) is 6.91. The van der Waals surface area contributed by atoms with E-state index in [4.69, 9.17) is 9.47 Å². The van der Waals surface area contributed by atoms with Crippen LogP contribution in [0.3, 0.4) is 0 Å². The first-order valence-corrected chi connectivity index (χ1v) is 8.93. The molecule has 0 spiro atoms. The van der Waals surface area contributed by atoms with Crippen LogP contribution in [0.25, 0.3) is 0 Å². The molecule has 142 valence electrons. The quantitative estimate of drug-likeness (QED) is 0.413. The lowest BCUT2D eigenvalue weighted by Gasteiger charge is -2.28. The van der Waals surface area contributed by atoms with Gasteiger partial charge in [-0.15, -0.1) is 0 Å². The van der Waals surface area contributed by atoms with E-state index in [-0.39, 0.29) is 0 Å². The summed E-state index contributed by atoms with van der Waals surface area (Å²) >= 11 is 3.21. The highest BCUT2D eigenvalue weighted by Gasteiger charge is 2.33. The van der Waals surface area contributed by atoms with Crippen LogP contribution in [0.4, 0.5) is 13.2 Å². The Kier molecular flexibility index (Phi) is 7.34. The number of hydrogen-bond donors (Lipinski definition) is 0. The first kappa shape index (κ1) is 20.6. The highest BCUT2D eigenvalue weighted by molar-refractivity contribution is 9.09. The summed E-state index contributed by atoms with van der Waals surface area (Å²) in [5.41, 5.74) is 1.82. The molecule has 1 atom stereocenters. The van der Waals surface area contributed by atoms with Gasteiger partial charge in [0, 0.05) is 13.1 Å². The second kappa shape index (κ2) is 9.28. The van der Waals surface area contributed by atoms with Crippen molar-refractivity contribution in [3.8, 4) is 11.5 Å². The average molecular weight is 432 g/mol. The monoisotopic (exact) mass is 431 g/mol. The van der Waals surface area contributed by atoms with E-state index in [0.717, 1.165) is 11.1 Å². The number of nitrogens with zero attached hydrogens (tertiary/aromatic N) is 1. The molecule has 0 saturated carbocycles. The molecule has 26 heavy (non-hydrogen) atoms. The summed E-state index contributed by atoms with van der Waals surface area (Å²) in [6.07, 6.45) is -5.18. The van der Waals surface area contributed by atoms with Gasteiger partial charge in [0.25, 0.3) is 0 Å². The number of benzene rings is 2. The molecule has 0 aromatic heterocycles. The van der Waals surface area contributed by atoms with Crippen LogP contribution in [-0.2, 0) is 13.1 Å². The van der Waals surface area contributed by atoms with Crippen molar-refractivity contribution in [1.29, 1.82) is 0 Å². The van der Waals surface area contributed by atoms with Crippen molar-refractivity contribution in [3.05, 3.63) is 59.7 Å². The van der Waals surface area contributed by atoms with E-state index in [1.165, 1.54) is 0 Å². The third kappa shape index (κ3) is 6.53. The van der Waals surface area contributed by atoms with Crippen molar-refractivity contribution >= 4 is 15.9 Å². The normalized spacial score (nSPS) is 12.9. The molecule has 0 heterocycles. The largest absolute Gasteiger partial charge is 0.497 e. The molecule has 0 fully saturated rings. The maximum atomic E-state index is 12.9. The average Bonchev–Trinajstić information content (AvgIpc) is 2.61. The molecule has 2 rings (SSSR count). The number of ether oxygens (including phenoxy) is 2. The Bertz CT molecular complexity index is 625. The Morgan fingerprint density at radius 1 is 0.846 bits per heavy atom. The molecule has 0 aliphatic carbocycles. The van der Waals surface area contributed by atoms with Gasteiger partial charge < -0.3 is 9.47 Å². The van der Waals surface area contributed by atoms with Crippen molar-refractivity contribution in [2.45, 2.75) is 30.6 Å². The zero-order chi connectivity index (χ0) is 19.2. The second-order valence-electron chi connectivity index (χ2n) is 5.85. The fourth-order valence-electron chi connectivity index (χ4n) is 2.51. The molecule has 0 bridgehead atoms. The summed E-state index contributed by atoms with van der Waals surface area (Å²) in [6, 6.07) is 14.6. The molecule has 0 amide bonds. The lowest BCUT2D eigenvalue weighted by atomic mass is 10.1. The molecular formula is C19H21BrF3NO2. The van der Waals surface area contributed by atoms with E-state index in [9.17, 15) is 13.2 Å². The van der Waals surface area contributed by atoms with Gasteiger partial charge in [-0.05, 0) is 35.4 Å². The molecule has 2 aromatic rings. The Balaban J connectivity index is 2.16. The minimum atomic E-state index is -4.24. The van der Waals surface area contributed by atoms with Gasteiger partial charge >= 0.3 is 6.18 Å². The van der Waals surface area contributed by atoms with Crippen molar-refractivity contribution in [3.63, 3.8) is 0 Å². The molecule has 0 saturated heterocycles. The Labute approximate surface area is 159 Å². The van der Waals surface area contributed by atoms with Crippen molar-refractivity contribution in [2.75, 3.05) is 14.2 Å². The van der Waals surface area contributed by atoms with E-state index in [1.807, 2.05) is 24.3 Å². The summed E-state index contributed by atoms with van der Waals surface area (Å²) in [5, 5.41) is 0. The van der Waals surface area contributed by atoms with E-state index in [1.54, 1.807) is 43.4 Å². The highest BCUT2D eigenvalue weighted by Crippen LogP contribution is 2.29. The van der Waals surface area contributed by atoms with Crippen LogP contribution in [0.15, 0.2) is 48.5 Å². The standard InChI is InChI=1S/C19H21BrF3NO2/c1-25-16-7-3-14(4-8-16)12-24(18(20)11-19(21,22)23)13-15-5-9-17(26-2)10-6-15/h3-10,18H,11-13H2,1-2H3. The van der Waals surface area contributed by atoms with Gasteiger partial charge in [0.15, 0.2) is 0 Å². The number of alkyl halides is 4. The Morgan fingerprint density at radius 3 is 1.54 bits per heavy atom. The van der Waals surface area contributed by atoms with Gasteiger partial charge in [0.05, 0.1) is 25.6 Å². The van der Waals surface area contributed by atoms with Gasteiger partial charge in [-0.2, -0.15) is 13.2 Å². The number of methoxy groups -OCH3 is 2. The van der Waals surface area contributed by atoms with Crippen molar-refractivity contribution < 1.29 is 22.6 Å². The molecule has 3 nitrogen and oxygen atoms in total. The van der Waals surface area contributed by atoms with E-state index in [0.29, 0.717) is 24.6 Å². The van der Waals surface area contributed by atoms with Crippen LogP contribution in [0.5, 0.6) is 11.5 Å². The Hall–Kier alpha value is -1.73. The van der Waals surface area contributed by atoms with Crippen molar-refractivity contribution in [2.24, 2.45) is 0 Å². The molecule has 0 N–H and O–H groups in total. The lowest BCUT2D eigenvalue weighted by Crippen LogP contribution is -2.33. The number of halogens is 4. The van der Waals surface area contributed by atoms with E-state index >= 15 is 0 Å². The van der Waals surface area contributed by atoms with Crippen LogP contribution in [-0.4, -0.2) is 30.2 Å². The molecule has 0 aliphatic heterocycles. The van der Waals surface area contributed by atoms with Crippen LogP contribution < -0.4 is 9.47 Å². The zero-order valence-electron chi connectivity index (χ0n) is 14.6. The molecule has 0 aliphatic rings. The number of rotatable bonds is 8. The number of hydrogen-bond acceptors (Lipinski definition) is 3. The third-order valence-corrected chi connectivity index (χ3v) is 4.79. The first-order chi connectivity index (χ1) is 12.3. The van der Waals surface area contributed by atoms with Crippen LogP contribution in [0, 0.1) is 0 Å². The van der Waals surface area contributed by atoms with Gasteiger partial charge in [-0.3, -0.25) is 4.90 Å². The minimum absolute atomic E-state index is 0.377. The lowest BCUT2D eigenvalue weighted by molar-refractivity contribution is -0.140. The summed E-state index contributed by atoms with van der Waals surface area (Å²) in [5.74, 6) is 1.42. The molecule has 2 aromatic carbocycles. The van der Waals surface area contributed by atoms with Crippen LogP contribution in [0.2, 0.25) is 0 Å². The summed E-state index contributed by atoms with van der Waals surface area (Å²) < 4.78 is 48.8. The molecule has 1 unspecified atom stereocenters. The summed E-state index contributed by atoms with van der Waals surface area (Å²) in [4.78, 5) is 0.920.